The molecule has 4 heteroatoms. The van der Waals surface area contributed by atoms with Crippen molar-refractivity contribution in [3.8, 4) is 6.07 Å². The molecule has 0 fully saturated rings. The lowest BCUT2D eigenvalue weighted by Crippen LogP contribution is -2.29. The maximum atomic E-state index is 11.0. The highest BCUT2D eigenvalue weighted by Crippen LogP contribution is 2.18. The van der Waals surface area contributed by atoms with Gasteiger partial charge in [-0.25, -0.2) is 4.79 Å². The highest BCUT2D eigenvalue weighted by Gasteiger charge is 2.16. The zero-order chi connectivity index (χ0) is 12.8. The van der Waals surface area contributed by atoms with Crippen LogP contribution in [0.15, 0.2) is 18.2 Å². The summed E-state index contributed by atoms with van der Waals surface area (Å²) < 4.78 is 0. The summed E-state index contributed by atoms with van der Waals surface area (Å²) in [7, 11) is 0. The summed E-state index contributed by atoms with van der Waals surface area (Å²) in [6, 6.07) is 6.65. The van der Waals surface area contributed by atoms with E-state index < -0.39 is 12.0 Å². The highest BCUT2D eigenvalue weighted by atomic mass is 16.4. The number of benzene rings is 1. The van der Waals surface area contributed by atoms with Gasteiger partial charge in [0.15, 0.2) is 0 Å². The van der Waals surface area contributed by atoms with E-state index in [4.69, 9.17) is 10.4 Å². The monoisotopic (exact) mass is 232 g/mol. The third-order valence-electron chi connectivity index (χ3n) is 2.57. The molecule has 0 aliphatic heterocycles. The van der Waals surface area contributed by atoms with Crippen LogP contribution in [0.4, 0.5) is 5.69 Å². The van der Waals surface area contributed by atoms with Crippen LogP contribution in [-0.2, 0) is 4.79 Å². The molecule has 0 spiro atoms. The van der Waals surface area contributed by atoms with Crippen LogP contribution in [0.25, 0.3) is 0 Å². The summed E-state index contributed by atoms with van der Waals surface area (Å²) in [5.41, 5.74) is 2.18. The van der Waals surface area contributed by atoms with Crippen molar-refractivity contribution in [3.05, 3.63) is 29.3 Å². The number of carboxylic acid groups (broad SMARTS) is 1. The zero-order valence-electron chi connectivity index (χ0n) is 10.0. The topological polar surface area (TPSA) is 73.1 Å². The van der Waals surface area contributed by atoms with Gasteiger partial charge in [0.2, 0.25) is 0 Å². The minimum Gasteiger partial charge on any atom is -0.480 e. The fourth-order valence-corrected chi connectivity index (χ4v) is 1.58. The van der Waals surface area contributed by atoms with Crippen LogP contribution in [0.2, 0.25) is 0 Å². The van der Waals surface area contributed by atoms with Crippen molar-refractivity contribution >= 4 is 11.7 Å². The first-order valence-electron chi connectivity index (χ1n) is 5.58. The predicted octanol–water partition coefficient (Wildman–Crippen LogP) is 2.53. The lowest BCUT2D eigenvalue weighted by atomic mass is 10.1. The molecule has 90 valence electrons. The molecule has 4 nitrogen and oxygen atoms in total. The number of hydrogen-bond donors (Lipinski definition) is 2. The van der Waals surface area contributed by atoms with E-state index in [1.165, 1.54) is 0 Å². The van der Waals surface area contributed by atoms with E-state index in [-0.39, 0.29) is 0 Å². The third kappa shape index (κ3) is 3.49. The smallest absolute Gasteiger partial charge is 0.326 e. The molecule has 0 radical (unpaired) electrons. The number of anilines is 1. The van der Waals surface area contributed by atoms with Crippen molar-refractivity contribution in [3.63, 3.8) is 0 Å². The van der Waals surface area contributed by atoms with E-state index in [1.54, 1.807) is 12.1 Å². The van der Waals surface area contributed by atoms with Crippen molar-refractivity contribution < 1.29 is 9.90 Å². The average Bonchev–Trinajstić information content (AvgIpc) is 2.31. The van der Waals surface area contributed by atoms with Crippen molar-refractivity contribution in [1.82, 2.24) is 0 Å². The minimum atomic E-state index is -0.867. The fraction of sp³-hybridized carbons (Fsp3) is 0.385. The molecule has 1 atom stereocenters. The van der Waals surface area contributed by atoms with Gasteiger partial charge in [-0.3, -0.25) is 0 Å². The molecule has 17 heavy (non-hydrogen) atoms. The summed E-state index contributed by atoms with van der Waals surface area (Å²) in [5, 5.41) is 20.8. The Hall–Kier alpha value is -2.02. The molecular weight excluding hydrogens is 216 g/mol. The predicted molar refractivity (Wildman–Crippen MR) is 65.8 cm³/mol. The van der Waals surface area contributed by atoms with Crippen LogP contribution in [0.1, 0.15) is 30.9 Å². The molecule has 0 saturated carbocycles. The average molecular weight is 232 g/mol. The van der Waals surface area contributed by atoms with Gasteiger partial charge in [-0.2, -0.15) is 5.26 Å². The summed E-state index contributed by atoms with van der Waals surface area (Å²) in [4.78, 5) is 11.0. The Balaban J connectivity index is 2.92. The lowest BCUT2D eigenvalue weighted by Gasteiger charge is -2.16. The fourth-order valence-electron chi connectivity index (χ4n) is 1.58. The zero-order valence-corrected chi connectivity index (χ0v) is 10.0. The number of aryl methyl sites for hydroxylation is 1. The number of nitriles is 1. The second-order valence-electron chi connectivity index (χ2n) is 3.97. The van der Waals surface area contributed by atoms with E-state index in [9.17, 15) is 4.79 Å². The van der Waals surface area contributed by atoms with Gasteiger partial charge < -0.3 is 10.4 Å². The number of carbonyl (C=O) groups is 1. The molecule has 1 aromatic rings. The van der Waals surface area contributed by atoms with Gasteiger partial charge >= 0.3 is 5.97 Å². The van der Waals surface area contributed by atoms with Crippen LogP contribution < -0.4 is 5.32 Å². The first-order chi connectivity index (χ1) is 8.08. The third-order valence-corrected chi connectivity index (χ3v) is 2.57. The Bertz CT molecular complexity index is 449. The molecule has 0 aromatic heterocycles. The number of carboxylic acids is 1. The number of nitrogens with one attached hydrogen (secondary N) is 1. The van der Waals surface area contributed by atoms with Gasteiger partial charge in [-0.15, -0.1) is 0 Å². The van der Waals surface area contributed by atoms with Crippen molar-refractivity contribution in [1.29, 1.82) is 5.26 Å². The molecule has 1 aromatic carbocycles. The van der Waals surface area contributed by atoms with Crippen molar-refractivity contribution in [2.75, 3.05) is 5.32 Å². The number of aliphatic carboxylic acids is 1. The van der Waals surface area contributed by atoms with E-state index in [0.717, 1.165) is 12.0 Å². The molecule has 0 saturated heterocycles. The van der Waals surface area contributed by atoms with Crippen LogP contribution in [0, 0.1) is 18.3 Å². The van der Waals surface area contributed by atoms with Crippen LogP contribution in [-0.4, -0.2) is 17.1 Å². The van der Waals surface area contributed by atoms with Gasteiger partial charge in [0.05, 0.1) is 11.6 Å². The van der Waals surface area contributed by atoms with Gasteiger partial charge in [0.1, 0.15) is 6.04 Å². The van der Waals surface area contributed by atoms with Crippen LogP contribution >= 0.6 is 0 Å². The number of nitrogens with zero attached hydrogens (tertiary/aromatic N) is 1. The van der Waals surface area contributed by atoms with E-state index in [1.807, 2.05) is 26.0 Å². The summed E-state index contributed by atoms with van der Waals surface area (Å²) in [6.45, 7) is 3.82. The standard InChI is InChI=1S/C13H16N2O2/c1-3-4-11(13(16)17)15-12-7-10(8-14)6-5-9(12)2/h5-7,11,15H,3-4H2,1-2H3,(H,16,17). The maximum absolute atomic E-state index is 11.0. The molecular formula is C13H16N2O2. The Labute approximate surface area is 101 Å². The summed E-state index contributed by atoms with van der Waals surface area (Å²) in [5.74, 6) is -0.867. The quantitative estimate of drug-likeness (QED) is 0.818. The Morgan fingerprint density at radius 3 is 2.82 bits per heavy atom. The Morgan fingerprint density at radius 2 is 2.29 bits per heavy atom. The van der Waals surface area contributed by atoms with E-state index in [0.29, 0.717) is 17.7 Å². The van der Waals surface area contributed by atoms with Gasteiger partial charge in [-0.05, 0) is 31.0 Å². The molecule has 0 bridgehead atoms. The Morgan fingerprint density at radius 1 is 1.59 bits per heavy atom. The van der Waals surface area contributed by atoms with Gasteiger partial charge in [0.25, 0.3) is 0 Å². The van der Waals surface area contributed by atoms with Crippen LogP contribution in [0.3, 0.4) is 0 Å². The highest BCUT2D eigenvalue weighted by molar-refractivity contribution is 5.77. The van der Waals surface area contributed by atoms with E-state index >= 15 is 0 Å². The summed E-state index contributed by atoms with van der Waals surface area (Å²) in [6.07, 6.45) is 1.35. The van der Waals surface area contributed by atoms with E-state index in [2.05, 4.69) is 5.32 Å². The van der Waals surface area contributed by atoms with Gasteiger partial charge in [0, 0.05) is 5.69 Å². The molecule has 2 N–H and O–H groups in total. The van der Waals surface area contributed by atoms with Crippen LogP contribution in [0.5, 0.6) is 0 Å². The number of rotatable bonds is 5. The molecule has 0 heterocycles. The first kappa shape index (κ1) is 13.0. The van der Waals surface area contributed by atoms with Crippen molar-refractivity contribution in [2.24, 2.45) is 0 Å². The maximum Gasteiger partial charge on any atom is 0.326 e. The second kappa shape index (κ2) is 5.90. The SMILES string of the molecule is CCCC(Nc1cc(C#N)ccc1C)C(=O)O. The lowest BCUT2D eigenvalue weighted by molar-refractivity contribution is -0.138. The molecule has 0 aliphatic rings. The molecule has 0 aliphatic carbocycles. The Kier molecular flexibility index (Phi) is 4.53. The minimum absolute atomic E-state index is 0.527. The molecule has 1 rings (SSSR count). The molecule has 1 unspecified atom stereocenters. The summed E-state index contributed by atoms with van der Waals surface area (Å²) >= 11 is 0. The molecule has 0 amide bonds. The number of hydrogen-bond acceptors (Lipinski definition) is 3. The second-order valence-corrected chi connectivity index (χ2v) is 3.97. The normalized spacial score (nSPS) is 11.6. The van der Waals surface area contributed by atoms with Crippen molar-refractivity contribution in [2.45, 2.75) is 32.7 Å². The van der Waals surface area contributed by atoms with Gasteiger partial charge in [-0.1, -0.05) is 19.4 Å². The first-order valence-corrected chi connectivity index (χ1v) is 5.58. The largest absolute Gasteiger partial charge is 0.480 e.